The largest absolute Gasteiger partial charge is 0.441 e. The van der Waals surface area contributed by atoms with Gasteiger partial charge in [-0.15, -0.1) is 0 Å². The number of aryl methyl sites for hydroxylation is 2. The van der Waals surface area contributed by atoms with E-state index in [-0.39, 0.29) is 0 Å². The molecule has 0 spiro atoms. The number of nitrogens with two attached hydrogens (primary N) is 1. The van der Waals surface area contributed by atoms with E-state index in [1.54, 1.807) is 0 Å². The van der Waals surface area contributed by atoms with E-state index in [2.05, 4.69) is 29.1 Å². The summed E-state index contributed by atoms with van der Waals surface area (Å²) in [5.41, 5.74) is 8.65. The zero-order chi connectivity index (χ0) is 13.0. The monoisotopic (exact) mass is 247 g/mol. The van der Waals surface area contributed by atoms with Gasteiger partial charge in [-0.2, -0.15) is 0 Å². The normalized spacial score (nSPS) is 11.6. The van der Waals surface area contributed by atoms with Crippen molar-refractivity contribution in [2.75, 3.05) is 26.7 Å². The molecule has 0 fully saturated rings. The fraction of sp³-hybridized carbons (Fsp3) is 0.500. The molecule has 0 aliphatic rings. The predicted octanol–water partition coefficient (Wildman–Crippen LogP) is 1.96. The van der Waals surface area contributed by atoms with Crippen LogP contribution in [0.3, 0.4) is 0 Å². The van der Waals surface area contributed by atoms with Crippen molar-refractivity contribution >= 4 is 11.1 Å². The van der Waals surface area contributed by atoms with E-state index in [0.717, 1.165) is 49.5 Å². The zero-order valence-corrected chi connectivity index (χ0v) is 11.1. The highest BCUT2D eigenvalue weighted by Crippen LogP contribution is 2.17. The van der Waals surface area contributed by atoms with Crippen molar-refractivity contribution in [2.45, 2.75) is 19.8 Å². The van der Waals surface area contributed by atoms with Crippen molar-refractivity contribution in [3.8, 4) is 0 Å². The molecule has 0 bridgehead atoms. The topological polar surface area (TPSA) is 55.3 Å². The molecule has 4 nitrogen and oxygen atoms in total. The maximum absolute atomic E-state index is 5.54. The van der Waals surface area contributed by atoms with Crippen molar-refractivity contribution in [2.24, 2.45) is 5.73 Å². The first-order valence-corrected chi connectivity index (χ1v) is 6.43. The van der Waals surface area contributed by atoms with E-state index in [4.69, 9.17) is 10.2 Å². The molecule has 2 rings (SSSR count). The van der Waals surface area contributed by atoms with Gasteiger partial charge in [0.15, 0.2) is 11.5 Å². The van der Waals surface area contributed by atoms with Gasteiger partial charge in [0.2, 0.25) is 0 Å². The second kappa shape index (κ2) is 5.98. The molecule has 0 radical (unpaired) electrons. The Morgan fingerprint density at radius 3 is 2.94 bits per heavy atom. The standard InChI is InChI=1S/C14H21N3O/c1-11-16-13-6-5-12(10-14(13)18-11)4-3-8-17(2)9-7-15/h5-6,10H,3-4,7-9,15H2,1-2H3. The second-order valence-electron chi connectivity index (χ2n) is 4.73. The van der Waals surface area contributed by atoms with Gasteiger partial charge in [0.25, 0.3) is 0 Å². The second-order valence-corrected chi connectivity index (χ2v) is 4.73. The van der Waals surface area contributed by atoms with Crippen molar-refractivity contribution in [1.29, 1.82) is 0 Å². The number of oxazole rings is 1. The van der Waals surface area contributed by atoms with Gasteiger partial charge < -0.3 is 15.1 Å². The van der Waals surface area contributed by atoms with E-state index in [1.165, 1.54) is 5.56 Å². The van der Waals surface area contributed by atoms with Crippen LogP contribution in [0.5, 0.6) is 0 Å². The van der Waals surface area contributed by atoms with Crippen LogP contribution in [0.2, 0.25) is 0 Å². The highest BCUT2D eigenvalue weighted by atomic mass is 16.3. The molecule has 0 aliphatic heterocycles. The van der Waals surface area contributed by atoms with E-state index in [9.17, 15) is 0 Å². The summed E-state index contributed by atoms with van der Waals surface area (Å²) in [6.07, 6.45) is 2.19. The summed E-state index contributed by atoms with van der Waals surface area (Å²) in [6, 6.07) is 6.26. The first-order valence-electron chi connectivity index (χ1n) is 6.43. The van der Waals surface area contributed by atoms with Crippen LogP contribution >= 0.6 is 0 Å². The Kier molecular flexibility index (Phi) is 4.33. The van der Waals surface area contributed by atoms with Crippen molar-refractivity contribution in [3.63, 3.8) is 0 Å². The van der Waals surface area contributed by atoms with Crippen LogP contribution in [-0.2, 0) is 6.42 Å². The molecule has 1 aromatic heterocycles. The van der Waals surface area contributed by atoms with Gasteiger partial charge in [0.05, 0.1) is 0 Å². The Balaban J connectivity index is 1.91. The molecule has 0 atom stereocenters. The lowest BCUT2D eigenvalue weighted by Crippen LogP contribution is -2.26. The molecular formula is C14H21N3O. The summed E-state index contributed by atoms with van der Waals surface area (Å²) in [5, 5.41) is 0. The Morgan fingerprint density at radius 1 is 1.33 bits per heavy atom. The molecule has 1 heterocycles. The highest BCUT2D eigenvalue weighted by molar-refractivity contribution is 5.73. The Bertz CT molecular complexity index is 507. The third-order valence-electron chi connectivity index (χ3n) is 3.08. The molecule has 0 saturated carbocycles. The molecule has 0 amide bonds. The van der Waals surface area contributed by atoms with Crippen LogP contribution in [-0.4, -0.2) is 36.6 Å². The number of nitrogens with zero attached hydrogens (tertiary/aromatic N) is 2. The minimum Gasteiger partial charge on any atom is -0.441 e. The summed E-state index contributed by atoms with van der Waals surface area (Å²) in [6.45, 7) is 4.63. The molecule has 0 aliphatic carbocycles. The number of likely N-dealkylation sites (N-methyl/N-ethyl adjacent to an activating group) is 1. The van der Waals surface area contributed by atoms with Crippen molar-refractivity contribution in [1.82, 2.24) is 9.88 Å². The fourth-order valence-corrected chi connectivity index (χ4v) is 2.13. The fourth-order valence-electron chi connectivity index (χ4n) is 2.13. The SMILES string of the molecule is Cc1nc2ccc(CCCN(C)CCN)cc2o1. The van der Waals surface area contributed by atoms with Gasteiger partial charge in [-0.25, -0.2) is 4.98 Å². The molecule has 0 unspecified atom stereocenters. The summed E-state index contributed by atoms with van der Waals surface area (Å²) >= 11 is 0. The first-order chi connectivity index (χ1) is 8.69. The third kappa shape index (κ3) is 3.31. The molecule has 2 N–H and O–H groups in total. The van der Waals surface area contributed by atoms with Crippen molar-refractivity contribution in [3.05, 3.63) is 29.7 Å². The number of rotatable bonds is 6. The number of benzene rings is 1. The van der Waals surface area contributed by atoms with Gasteiger partial charge in [-0.3, -0.25) is 0 Å². The maximum Gasteiger partial charge on any atom is 0.192 e. The van der Waals surface area contributed by atoms with Crippen LogP contribution < -0.4 is 5.73 Å². The number of hydrogen-bond acceptors (Lipinski definition) is 4. The Morgan fingerprint density at radius 2 is 2.17 bits per heavy atom. The van der Waals surface area contributed by atoms with Crippen LogP contribution in [0.1, 0.15) is 17.9 Å². The van der Waals surface area contributed by atoms with E-state index in [1.807, 2.05) is 13.0 Å². The van der Waals surface area contributed by atoms with Crippen LogP contribution in [0.25, 0.3) is 11.1 Å². The van der Waals surface area contributed by atoms with Gasteiger partial charge in [0, 0.05) is 20.0 Å². The Labute approximate surface area is 108 Å². The van der Waals surface area contributed by atoms with Gasteiger partial charge in [0.1, 0.15) is 5.52 Å². The van der Waals surface area contributed by atoms with Gasteiger partial charge >= 0.3 is 0 Å². The molecule has 0 saturated heterocycles. The summed E-state index contributed by atoms with van der Waals surface area (Å²) in [5.74, 6) is 0.727. The van der Waals surface area contributed by atoms with Crippen LogP contribution in [0, 0.1) is 6.92 Å². The van der Waals surface area contributed by atoms with Gasteiger partial charge in [-0.05, 0) is 44.1 Å². The summed E-state index contributed by atoms with van der Waals surface area (Å²) < 4.78 is 5.54. The summed E-state index contributed by atoms with van der Waals surface area (Å²) in [4.78, 5) is 6.56. The smallest absolute Gasteiger partial charge is 0.192 e. The Hall–Kier alpha value is -1.39. The van der Waals surface area contributed by atoms with E-state index < -0.39 is 0 Å². The number of fused-ring (bicyclic) bond motifs is 1. The summed E-state index contributed by atoms with van der Waals surface area (Å²) in [7, 11) is 2.11. The minimum absolute atomic E-state index is 0.722. The van der Waals surface area contributed by atoms with Crippen LogP contribution in [0.4, 0.5) is 0 Å². The average molecular weight is 247 g/mol. The molecular weight excluding hydrogens is 226 g/mol. The van der Waals surface area contributed by atoms with E-state index >= 15 is 0 Å². The molecule has 2 aromatic rings. The van der Waals surface area contributed by atoms with Crippen LogP contribution in [0.15, 0.2) is 22.6 Å². The first kappa shape index (κ1) is 13.1. The lowest BCUT2D eigenvalue weighted by atomic mass is 10.1. The van der Waals surface area contributed by atoms with E-state index in [0.29, 0.717) is 0 Å². The molecule has 4 heteroatoms. The average Bonchev–Trinajstić information content (AvgIpc) is 2.69. The maximum atomic E-state index is 5.54. The molecule has 98 valence electrons. The van der Waals surface area contributed by atoms with Gasteiger partial charge in [-0.1, -0.05) is 6.07 Å². The quantitative estimate of drug-likeness (QED) is 0.847. The lowest BCUT2D eigenvalue weighted by molar-refractivity contribution is 0.338. The molecule has 1 aromatic carbocycles. The molecule has 18 heavy (non-hydrogen) atoms. The minimum atomic E-state index is 0.722. The highest BCUT2D eigenvalue weighted by Gasteiger charge is 2.03. The predicted molar refractivity (Wildman–Crippen MR) is 73.6 cm³/mol. The lowest BCUT2D eigenvalue weighted by Gasteiger charge is -2.14. The number of hydrogen-bond donors (Lipinski definition) is 1. The zero-order valence-electron chi connectivity index (χ0n) is 11.1. The third-order valence-corrected chi connectivity index (χ3v) is 3.08. The van der Waals surface area contributed by atoms with Crippen molar-refractivity contribution < 1.29 is 4.42 Å². The number of aromatic nitrogens is 1.